The summed E-state index contributed by atoms with van der Waals surface area (Å²) in [5.41, 5.74) is 0. The maximum atomic E-state index is 11.6. The largest absolute Gasteiger partial charge is 0.354 e. The van der Waals surface area contributed by atoms with Crippen molar-refractivity contribution in [3.8, 4) is 0 Å². The van der Waals surface area contributed by atoms with E-state index in [1.807, 2.05) is 0 Å². The average Bonchev–Trinajstić information content (AvgIpc) is 2.65. The SMILES string of the molecule is O=C1C[C@H](NC(=O)NC2CCCCC2)CN1. The molecule has 2 rings (SSSR count). The molecule has 2 aliphatic rings. The number of hydrogen-bond acceptors (Lipinski definition) is 2. The zero-order valence-corrected chi connectivity index (χ0v) is 9.42. The Kier molecular flexibility index (Phi) is 3.64. The first-order valence-corrected chi connectivity index (χ1v) is 6.08. The second-order valence-electron chi connectivity index (χ2n) is 4.66. The molecule has 0 radical (unpaired) electrons. The summed E-state index contributed by atoms with van der Waals surface area (Å²) < 4.78 is 0. The normalized spacial score (nSPS) is 26.2. The van der Waals surface area contributed by atoms with Gasteiger partial charge in [0.25, 0.3) is 0 Å². The minimum atomic E-state index is -0.131. The number of carbonyl (C=O) groups is 2. The Hall–Kier alpha value is -1.26. The molecule has 1 atom stereocenters. The third-order valence-corrected chi connectivity index (χ3v) is 3.25. The summed E-state index contributed by atoms with van der Waals surface area (Å²) in [7, 11) is 0. The molecule has 0 unspecified atom stereocenters. The Morgan fingerprint density at radius 3 is 2.44 bits per heavy atom. The summed E-state index contributed by atoms with van der Waals surface area (Å²) in [5.74, 6) is 0.0166. The van der Waals surface area contributed by atoms with Crippen molar-refractivity contribution in [2.24, 2.45) is 0 Å². The van der Waals surface area contributed by atoms with Crippen molar-refractivity contribution >= 4 is 11.9 Å². The molecule has 90 valence electrons. The zero-order chi connectivity index (χ0) is 11.4. The van der Waals surface area contributed by atoms with Crippen LogP contribution in [0.15, 0.2) is 0 Å². The second kappa shape index (κ2) is 5.18. The minimum Gasteiger partial charge on any atom is -0.354 e. The standard InChI is InChI=1S/C11H19N3O2/c15-10-6-9(7-12-10)14-11(16)13-8-4-2-1-3-5-8/h8-9H,1-7H2,(H,12,15)(H2,13,14,16)/t9-/m0/s1. The number of hydrogen-bond donors (Lipinski definition) is 3. The van der Waals surface area contributed by atoms with Crippen LogP contribution in [0, 0.1) is 0 Å². The summed E-state index contributed by atoms with van der Waals surface area (Å²) in [5, 5.41) is 8.49. The summed E-state index contributed by atoms with van der Waals surface area (Å²) in [4.78, 5) is 22.6. The number of amides is 3. The second-order valence-corrected chi connectivity index (χ2v) is 4.66. The summed E-state index contributed by atoms with van der Waals surface area (Å²) in [6, 6.07) is 0.142. The lowest BCUT2D eigenvalue weighted by molar-refractivity contribution is -0.119. The van der Waals surface area contributed by atoms with Crippen molar-refractivity contribution in [3.63, 3.8) is 0 Å². The smallest absolute Gasteiger partial charge is 0.315 e. The molecule has 1 aliphatic heterocycles. The molecular weight excluding hydrogens is 206 g/mol. The van der Waals surface area contributed by atoms with E-state index in [2.05, 4.69) is 16.0 Å². The molecule has 1 saturated heterocycles. The van der Waals surface area contributed by atoms with Gasteiger partial charge in [-0.25, -0.2) is 4.79 Å². The Balaban J connectivity index is 1.69. The van der Waals surface area contributed by atoms with E-state index in [9.17, 15) is 9.59 Å². The van der Waals surface area contributed by atoms with Crippen LogP contribution in [-0.2, 0) is 4.79 Å². The first-order chi connectivity index (χ1) is 7.74. The van der Waals surface area contributed by atoms with Crippen molar-refractivity contribution in [2.75, 3.05) is 6.54 Å². The van der Waals surface area contributed by atoms with Crippen LogP contribution in [-0.4, -0.2) is 30.6 Å². The lowest BCUT2D eigenvalue weighted by Crippen LogP contribution is -2.47. The van der Waals surface area contributed by atoms with Crippen LogP contribution >= 0.6 is 0 Å². The van der Waals surface area contributed by atoms with Gasteiger partial charge in [-0.15, -0.1) is 0 Å². The predicted molar refractivity (Wildman–Crippen MR) is 60.0 cm³/mol. The quantitative estimate of drug-likeness (QED) is 0.640. The Labute approximate surface area is 95.3 Å². The van der Waals surface area contributed by atoms with E-state index >= 15 is 0 Å². The fourth-order valence-corrected chi connectivity index (χ4v) is 2.37. The lowest BCUT2D eigenvalue weighted by atomic mass is 9.96. The molecule has 0 bridgehead atoms. The summed E-state index contributed by atoms with van der Waals surface area (Å²) in [6.07, 6.45) is 6.24. The highest BCUT2D eigenvalue weighted by Gasteiger charge is 2.24. The van der Waals surface area contributed by atoms with Crippen molar-refractivity contribution in [1.82, 2.24) is 16.0 Å². The monoisotopic (exact) mass is 225 g/mol. The van der Waals surface area contributed by atoms with E-state index < -0.39 is 0 Å². The third-order valence-electron chi connectivity index (χ3n) is 3.25. The van der Waals surface area contributed by atoms with Gasteiger partial charge in [-0.3, -0.25) is 4.79 Å². The molecular formula is C11H19N3O2. The van der Waals surface area contributed by atoms with Crippen LogP contribution in [0.25, 0.3) is 0 Å². The molecule has 0 aromatic rings. The van der Waals surface area contributed by atoms with Gasteiger partial charge in [0.15, 0.2) is 0 Å². The average molecular weight is 225 g/mol. The molecule has 0 aromatic carbocycles. The first-order valence-electron chi connectivity index (χ1n) is 6.08. The predicted octanol–water partition coefficient (Wildman–Crippen LogP) is 0.507. The van der Waals surface area contributed by atoms with Gasteiger partial charge in [0.1, 0.15) is 0 Å². The maximum Gasteiger partial charge on any atom is 0.315 e. The molecule has 1 aliphatic carbocycles. The van der Waals surface area contributed by atoms with Gasteiger partial charge in [0.2, 0.25) is 5.91 Å². The van der Waals surface area contributed by atoms with Crippen LogP contribution in [0.1, 0.15) is 38.5 Å². The molecule has 0 spiro atoms. The number of urea groups is 1. The molecule has 3 amide bonds. The van der Waals surface area contributed by atoms with E-state index in [0.717, 1.165) is 12.8 Å². The minimum absolute atomic E-state index is 0.0166. The highest BCUT2D eigenvalue weighted by Crippen LogP contribution is 2.17. The van der Waals surface area contributed by atoms with Crippen molar-refractivity contribution in [2.45, 2.75) is 50.6 Å². The van der Waals surface area contributed by atoms with Crippen molar-refractivity contribution in [1.29, 1.82) is 0 Å². The van der Waals surface area contributed by atoms with Crippen LogP contribution in [0.2, 0.25) is 0 Å². The Morgan fingerprint density at radius 2 is 1.81 bits per heavy atom. The van der Waals surface area contributed by atoms with Crippen molar-refractivity contribution in [3.05, 3.63) is 0 Å². The molecule has 3 N–H and O–H groups in total. The van der Waals surface area contributed by atoms with Gasteiger partial charge in [-0.05, 0) is 12.8 Å². The number of nitrogens with one attached hydrogen (secondary N) is 3. The Bertz CT molecular complexity index is 274. The summed E-state index contributed by atoms with van der Waals surface area (Å²) in [6.45, 7) is 0.552. The zero-order valence-electron chi connectivity index (χ0n) is 9.42. The van der Waals surface area contributed by atoms with Gasteiger partial charge in [0.05, 0.1) is 6.04 Å². The van der Waals surface area contributed by atoms with Gasteiger partial charge in [-0.1, -0.05) is 19.3 Å². The summed E-state index contributed by atoms with van der Waals surface area (Å²) >= 11 is 0. The third kappa shape index (κ3) is 3.12. The molecule has 1 saturated carbocycles. The lowest BCUT2D eigenvalue weighted by Gasteiger charge is -2.23. The van der Waals surface area contributed by atoms with Crippen molar-refractivity contribution < 1.29 is 9.59 Å². The van der Waals surface area contributed by atoms with E-state index in [4.69, 9.17) is 0 Å². The van der Waals surface area contributed by atoms with Gasteiger partial charge in [0, 0.05) is 19.0 Å². The molecule has 16 heavy (non-hydrogen) atoms. The van der Waals surface area contributed by atoms with E-state index in [1.54, 1.807) is 0 Å². The first kappa shape index (κ1) is 11.2. The molecule has 5 nitrogen and oxygen atoms in total. The van der Waals surface area contributed by atoms with Gasteiger partial charge >= 0.3 is 6.03 Å². The maximum absolute atomic E-state index is 11.6. The molecule has 0 aromatic heterocycles. The van der Waals surface area contributed by atoms with E-state index in [1.165, 1.54) is 19.3 Å². The highest BCUT2D eigenvalue weighted by molar-refractivity contribution is 5.81. The van der Waals surface area contributed by atoms with E-state index in [-0.39, 0.29) is 18.0 Å². The number of carbonyl (C=O) groups excluding carboxylic acids is 2. The number of rotatable bonds is 2. The highest BCUT2D eigenvalue weighted by atomic mass is 16.2. The Morgan fingerprint density at radius 1 is 1.12 bits per heavy atom. The van der Waals surface area contributed by atoms with E-state index in [0.29, 0.717) is 19.0 Å². The van der Waals surface area contributed by atoms with Gasteiger partial charge < -0.3 is 16.0 Å². The van der Waals surface area contributed by atoms with Crippen LogP contribution in [0.3, 0.4) is 0 Å². The topological polar surface area (TPSA) is 70.2 Å². The fourth-order valence-electron chi connectivity index (χ4n) is 2.37. The molecule has 2 fully saturated rings. The molecule has 5 heteroatoms. The fraction of sp³-hybridized carbons (Fsp3) is 0.818. The van der Waals surface area contributed by atoms with Crippen LogP contribution in [0.4, 0.5) is 4.79 Å². The molecule has 1 heterocycles. The van der Waals surface area contributed by atoms with Gasteiger partial charge in [-0.2, -0.15) is 0 Å². The van der Waals surface area contributed by atoms with Crippen LogP contribution < -0.4 is 16.0 Å². The van der Waals surface area contributed by atoms with Crippen LogP contribution in [0.5, 0.6) is 0 Å².